The minimum Gasteiger partial charge on any atom is -0.223 e. The summed E-state index contributed by atoms with van der Waals surface area (Å²) in [6.07, 6.45) is 0. The molecule has 1 heterocycles. The Morgan fingerprint density at radius 3 is 2.53 bits per heavy atom. The molecule has 0 N–H and O–H groups in total. The average Bonchev–Trinajstić information content (AvgIpc) is 2.53. The first kappa shape index (κ1) is 11.7. The Kier molecular flexibility index (Phi) is 2.66. The average molecular weight is 265 g/mol. The largest absolute Gasteiger partial charge is 0.223 e. The first-order valence-electron chi connectivity index (χ1n) is 4.55. The Morgan fingerprint density at radius 1 is 1.29 bits per heavy atom. The summed E-state index contributed by atoms with van der Waals surface area (Å²) in [4.78, 5) is 0.0861. The maximum atomic E-state index is 11.8. The Morgan fingerprint density at radius 2 is 1.94 bits per heavy atom. The molecule has 6 heteroatoms. The number of allylic oxidation sites excluding steroid dienone is 1. The first-order valence-corrected chi connectivity index (χ1v) is 6.58. The van der Waals surface area contributed by atoms with E-state index in [2.05, 4.69) is 0 Å². The summed E-state index contributed by atoms with van der Waals surface area (Å²) in [6, 6.07) is 7.81. The van der Waals surface area contributed by atoms with Gasteiger partial charge in [0.1, 0.15) is 17.7 Å². The highest BCUT2D eigenvalue weighted by molar-refractivity contribution is 7.92. The fourth-order valence-corrected chi connectivity index (χ4v) is 3.62. The predicted octanol–water partition coefficient (Wildman–Crippen LogP) is 1.93. The molecule has 0 aliphatic carbocycles. The minimum absolute atomic E-state index is 0.0861. The molecule has 84 valence electrons. The van der Waals surface area contributed by atoms with Crippen molar-refractivity contribution in [1.82, 2.24) is 0 Å². The second kappa shape index (κ2) is 3.89. The second-order valence-electron chi connectivity index (χ2n) is 3.48. The molecule has 0 atom stereocenters. The number of nitriles is 2. The molecule has 0 bridgehead atoms. The number of nitrogens with zero attached hydrogens (tertiary/aromatic N) is 2. The van der Waals surface area contributed by atoms with Crippen LogP contribution in [0.4, 0.5) is 0 Å². The summed E-state index contributed by atoms with van der Waals surface area (Å²) in [7, 11) is -3.49. The lowest BCUT2D eigenvalue weighted by molar-refractivity contribution is 0.601. The van der Waals surface area contributed by atoms with Gasteiger partial charge in [0, 0.05) is 10.6 Å². The molecule has 0 amide bonds. The maximum Gasteiger partial charge on any atom is 0.183 e. The number of rotatable bonds is 0. The Balaban J connectivity index is 2.84. The number of benzene rings is 1. The lowest BCUT2D eigenvalue weighted by Crippen LogP contribution is -1.99. The van der Waals surface area contributed by atoms with Gasteiger partial charge in [-0.25, -0.2) is 8.42 Å². The van der Waals surface area contributed by atoms with E-state index in [0.29, 0.717) is 10.6 Å². The van der Waals surface area contributed by atoms with Gasteiger partial charge in [-0.1, -0.05) is 17.7 Å². The summed E-state index contributed by atoms with van der Waals surface area (Å²) >= 11 is 5.74. The van der Waals surface area contributed by atoms with E-state index in [-0.39, 0.29) is 21.8 Å². The van der Waals surface area contributed by atoms with Gasteiger partial charge in [0.05, 0.1) is 10.6 Å². The lowest BCUT2D eigenvalue weighted by Gasteiger charge is -1.98. The highest BCUT2D eigenvalue weighted by atomic mass is 35.5. The van der Waals surface area contributed by atoms with Crippen LogP contribution in [0.1, 0.15) is 5.56 Å². The Labute approximate surface area is 103 Å². The third-order valence-corrected chi connectivity index (χ3v) is 4.38. The van der Waals surface area contributed by atoms with Crippen LogP contribution in [0, 0.1) is 22.7 Å². The van der Waals surface area contributed by atoms with Gasteiger partial charge < -0.3 is 0 Å². The van der Waals surface area contributed by atoms with Crippen LogP contribution in [0.3, 0.4) is 0 Å². The van der Waals surface area contributed by atoms with Crippen molar-refractivity contribution in [3.8, 4) is 12.1 Å². The van der Waals surface area contributed by atoms with E-state index in [1.807, 2.05) is 0 Å². The molecule has 0 aromatic heterocycles. The molecule has 0 radical (unpaired) electrons. The fraction of sp³-hybridized carbons (Fsp3) is 0.0909. The smallest absolute Gasteiger partial charge is 0.183 e. The zero-order chi connectivity index (χ0) is 12.6. The zero-order valence-corrected chi connectivity index (χ0v) is 10.0. The third-order valence-electron chi connectivity index (χ3n) is 2.46. The summed E-state index contributed by atoms with van der Waals surface area (Å²) in [5, 5.41) is 17.9. The highest BCUT2D eigenvalue weighted by Crippen LogP contribution is 2.37. The van der Waals surface area contributed by atoms with Crippen LogP contribution < -0.4 is 0 Å². The number of hydrogen-bond acceptors (Lipinski definition) is 4. The van der Waals surface area contributed by atoms with Crippen molar-refractivity contribution in [1.29, 1.82) is 10.5 Å². The molecule has 0 fully saturated rings. The summed E-state index contributed by atoms with van der Waals surface area (Å²) < 4.78 is 23.7. The minimum atomic E-state index is -3.49. The fourth-order valence-electron chi connectivity index (χ4n) is 1.72. The number of sulfone groups is 1. The van der Waals surface area contributed by atoms with Crippen LogP contribution in [0.5, 0.6) is 0 Å². The standard InChI is InChI=1S/C11H5ClN2O2S/c12-8-1-2-9-10(7(4-13)5-14)6-17(15,16)11(9)3-8/h1-3H,6H2. The van der Waals surface area contributed by atoms with Crippen LogP contribution in [0.15, 0.2) is 28.7 Å². The molecule has 0 unspecified atom stereocenters. The van der Waals surface area contributed by atoms with Crippen LogP contribution in [0.25, 0.3) is 5.57 Å². The van der Waals surface area contributed by atoms with Gasteiger partial charge in [0.15, 0.2) is 9.84 Å². The van der Waals surface area contributed by atoms with E-state index in [9.17, 15) is 8.42 Å². The van der Waals surface area contributed by atoms with E-state index in [1.54, 1.807) is 12.1 Å². The summed E-state index contributed by atoms with van der Waals surface area (Å²) in [5.41, 5.74) is 0.476. The molecule has 17 heavy (non-hydrogen) atoms. The van der Waals surface area contributed by atoms with Crippen molar-refractivity contribution in [2.75, 3.05) is 5.75 Å². The summed E-state index contributed by atoms with van der Waals surface area (Å²) in [6.45, 7) is 0. The van der Waals surface area contributed by atoms with Gasteiger partial charge in [-0.05, 0) is 17.7 Å². The SMILES string of the molecule is N#CC(C#N)=C1CS(=O)(=O)c2cc(Cl)ccc21. The highest BCUT2D eigenvalue weighted by Gasteiger charge is 2.32. The van der Waals surface area contributed by atoms with Gasteiger partial charge in [0.25, 0.3) is 0 Å². The van der Waals surface area contributed by atoms with E-state index >= 15 is 0 Å². The van der Waals surface area contributed by atoms with Crippen LogP contribution in [0.2, 0.25) is 5.02 Å². The summed E-state index contributed by atoms with van der Waals surface area (Å²) in [5.74, 6) is -0.320. The normalized spacial score (nSPS) is 15.8. The zero-order valence-electron chi connectivity index (χ0n) is 8.44. The van der Waals surface area contributed by atoms with Crippen LogP contribution in [-0.2, 0) is 9.84 Å². The van der Waals surface area contributed by atoms with E-state index in [0.717, 1.165) is 0 Å². The van der Waals surface area contributed by atoms with Gasteiger partial charge in [0.2, 0.25) is 0 Å². The van der Waals surface area contributed by atoms with Crippen LogP contribution >= 0.6 is 11.6 Å². The van der Waals surface area contributed by atoms with Gasteiger partial charge in [-0.3, -0.25) is 0 Å². The quantitative estimate of drug-likeness (QED) is 0.671. The van der Waals surface area contributed by atoms with E-state index in [1.165, 1.54) is 18.2 Å². The molecule has 0 saturated carbocycles. The molecule has 4 nitrogen and oxygen atoms in total. The lowest BCUT2D eigenvalue weighted by atomic mass is 10.0. The number of fused-ring (bicyclic) bond motifs is 1. The first-order chi connectivity index (χ1) is 7.99. The molecule has 1 aliphatic heterocycles. The number of halogens is 1. The predicted molar refractivity (Wildman–Crippen MR) is 61.7 cm³/mol. The molecule has 0 saturated heterocycles. The van der Waals surface area contributed by atoms with Gasteiger partial charge >= 0.3 is 0 Å². The van der Waals surface area contributed by atoms with Crippen molar-refractivity contribution in [3.63, 3.8) is 0 Å². The molecular formula is C11H5ClN2O2S. The molecule has 0 spiro atoms. The number of hydrogen-bond donors (Lipinski definition) is 0. The van der Waals surface area contributed by atoms with Crippen molar-refractivity contribution < 1.29 is 8.42 Å². The van der Waals surface area contributed by atoms with Crippen molar-refractivity contribution in [2.45, 2.75) is 4.90 Å². The molecule has 2 rings (SSSR count). The van der Waals surface area contributed by atoms with Crippen molar-refractivity contribution >= 4 is 27.0 Å². The van der Waals surface area contributed by atoms with E-state index < -0.39 is 9.84 Å². The topological polar surface area (TPSA) is 81.7 Å². The van der Waals surface area contributed by atoms with Crippen molar-refractivity contribution in [3.05, 3.63) is 34.4 Å². The third kappa shape index (κ3) is 1.80. The van der Waals surface area contributed by atoms with Crippen molar-refractivity contribution in [2.24, 2.45) is 0 Å². The Bertz CT molecular complexity index is 705. The van der Waals surface area contributed by atoms with Gasteiger partial charge in [-0.2, -0.15) is 10.5 Å². The Hall–Kier alpha value is -1.82. The van der Waals surface area contributed by atoms with E-state index in [4.69, 9.17) is 22.1 Å². The molecular weight excluding hydrogens is 260 g/mol. The molecule has 1 aromatic carbocycles. The monoisotopic (exact) mass is 264 g/mol. The maximum absolute atomic E-state index is 11.8. The van der Waals surface area contributed by atoms with Crippen LogP contribution in [-0.4, -0.2) is 14.2 Å². The second-order valence-corrected chi connectivity index (χ2v) is 5.87. The molecule has 1 aliphatic rings. The molecule has 1 aromatic rings. The van der Waals surface area contributed by atoms with Gasteiger partial charge in [-0.15, -0.1) is 0 Å².